The van der Waals surface area contributed by atoms with Crippen LogP contribution < -0.4 is 0 Å². The van der Waals surface area contributed by atoms with Gasteiger partial charge in [0, 0.05) is 33.3 Å². The molecule has 1 aliphatic rings. The SMILES string of the molecule is O=C(O)C1=Cc2cc(C(O)c3cccnc3)sc2CC1. The number of pyridine rings is 1. The zero-order valence-corrected chi connectivity index (χ0v) is 11.4. The molecule has 2 aromatic heterocycles. The highest BCUT2D eigenvalue weighted by Crippen LogP contribution is 2.36. The predicted molar refractivity (Wildman–Crippen MR) is 76.6 cm³/mol. The molecule has 0 saturated heterocycles. The first kappa shape index (κ1) is 13.0. The molecule has 2 N–H and O–H groups in total. The van der Waals surface area contributed by atoms with Crippen molar-refractivity contribution in [1.82, 2.24) is 4.98 Å². The van der Waals surface area contributed by atoms with Gasteiger partial charge in [-0.2, -0.15) is 0 Å². The molecule has 0 spiro atoms. The van der Waals surface area contributed by atoms with Crippen LogP contribution in [-0.2, 0) is 11.2 Å². The molecule has 2 aromatic rings. The molecule has 20 heavy (non-hydrogen) atoms. The number of carboxylic acids is 1. The summed E-state index contributed by atoms with van der Waals surface area (Å²) < 4.78 is 0. The van der Waals surface area contributed by atoms with E-state index in [4.69, 9.17) is 5.11 Å². The molecule has 0 fully saturated rings. The van der Waals surface area contributed by atoms with Gasteiger partial charge in [0.15, 0.2) is 0 Å². The Balaban J connectivity index is 1.93. The smallest absolute Gasteiger partial charge is 0.331 e. The Kier molecular flexibility index (Phi) is 3.38. The molecule has 2 heterocycles. The highest BCUT2D eigenvalue weighted by atomic mass is 32.1. The number of hydrogen-bond acceptors (Lipinski definition) is 4. The number of carbonyl (C=O) groups is 1. The highest BCUT2D eigenvalue weighted by molar-refractivity contribution is 7.12. The summed E-state index contributed by atoms with van der Waals surface area (Å²) in [5.74, 6) is -0.865. The molecular weight excluding hydrogens is 274 g/mol. The lowest BCUT2D eigenvalue weighted by Gasteiger charge is -2.08. The molecule has 1 aliphatic carbocycles. The maximum Gasteiger partial charge on any atom is 0.331 e. The molecule has 0 aliphatic heterocycles. The monoisotopic (exact) mass is 287 g/mol. The highest BCUT2D eigenvalue weighted by Gasteiger charge is 2.21. The predicted octanol–water partition coefficient (Wildman–Crippen LogP) is 2.64. The largest absolute Gasteiger partial charge is 0.478 e. The third kappa shape index (κ3) is 2.37. The maximum atomic E-state index is 11.0. The third-order valence-electron chi connectivity index (χ3n) is 3.36. The van der Waals surface area contributed by atoms with Crippen LogP contribution in [0.15, 0.2) is 36.2 Å². The van der Waals surface area contributed by atoms with E-state index >= 15 is 0 Å². The fourth-order valence-electron chi connectivity index (χ4n) is 2.30. The minimum Gasteiger partial charge on any atom is -0.478 e. The summed E-state index contributed by atoms with van der Waals surface area (Å²) in [5.41, 5.74) is 2.09. The number of rotatable bonds is 3. The summed E-state index contributed by atoms with van der Waals surface area (Å²) >= 11 is 1.54. The summed E-state index contributed by atoms with van der Waals surface area (Å²) in [7, 11) is 0. The van der Waals surface area contributed by atoms with E-state index in [-0.39, 0.29) is 0 Å². The van der Waals surface area contributed by atoms with Gasteiger partial charge in [-0.05, 0) is 36.6 Å². The van der Waals surface area contributed by atoms with Gasteiger partial charge < -0.3 is 10.2 Å². The van der Waals surface area contributed by atoms with Crippen LogP contribution in [-0.4, -0.2) is 21.2 Å². The lowest BCUT2D eigenvalue weighted by molar-refractivity contribution is -0.132. The third-order valence-corrected chi connectivity index (χ3v) is 4.62. The molecular formula is C15H13NO3S. The number of thiophene rings is 1. The first-order valence-corrected chi connectivity index (χ1v) is 7.11. The van der Waals surface area contributed by atoms with E-state index < -0.39 is 12.1 Å². The molecule has 5 heteroatoms. The van der Waals surface area contributed by atoms with Crippen molar-refractivity contribution in [3.8, 4) is 0 Å². The van der Waals surface area contributed by atoms with Gasteiger partial charge in [-0.3, -0.25) is 4.98 Å². The van der Waals surface area contributed by atoms with Crippen molar-refractivity contribution in [3.63, 3.8) is 0 Å². The van der Waals surface area contributed by atoms with Gasteiger partial charge in [-0.25, -0.2) is 4.79 Å². The number of aromatic nitrogens is 1. The van der Waals surface area contributed by atoms with E-state index in [1.807, 2.05) is 12.1 Å². The molecule has 0 radical (unpaired) electrons. The quantitative estimate of drug-likeness (QED) is 0.910. The Morgan fingerprint density at radius 2 is 2.25 bits per heavy atom. The van der Waals surface area contributed by atoms with Gasteiger partial charge in [0.05, 0.1) is 0 Å². The molecule has 0 bridgehead atoms. The Morgan fingerprint density at radius 1 is 1.40 bits per heavy atom. The van der Waals surface area contributed by atoms with E-state index in [2.05, 4.69) is 4.98 Å². The van der Waals surface area contributed by atoms with Crippen molar-refractivity contribution in [2.24, 2.45) is 0 Å². The number of fused-ring (bicyclic) bond motifs is 1. The zero-order valence-electron chi connectivity index (χ0n) is 10.6. The Hall–Kier alpha value is -1.98. The van der Waals surface area contributed by atoms with Crippen molar-refractivity contribution in [3.05, 3.63) is 57.0 Å². The van der Waals surface area contributed by atoms with Crippen LogP contribution in [0.3, 0.4) is 0 Å². The van der Waals surface area contributed by atoms with Crippen molar-refractivity contribution < 1.29 is 15.0 Å². The summed E-state index contributed by atoms with van der Waals surface area (Å²) in [5, 5.41) is 19.4. The Bertz CT molecular complexity index is 676. The van der Waals surface area contributed by atoms with Gasteiger partial charge in [-0.15, -0.1) is 11.3 Å². The molecule has 4 nitrogen and oxygen atoms in total. The van der Waals surface area contributed by atoms with Gasteiger partial charge in [-0.1, -0.05) is 6.07 Å². The summed E-state index contributed by atoms with van der Waals surface area (Å²) in [6, 6.07) is 5.49. The van der Waals surface area contributed by atoms with Gasteiger partial charge in [0.2, 0.25) is 0 Å². The molecule has 0 saturated carbocycles. The van der Waals surface area contributed by atoms with Crippen LogP contribution in [0.2, 0.25) is 0 Å². The fraction of sp³-hybridized carbons (Fsp3) is 0.200. The minimum atomic E-state index is -0.865. The fourth-order valence-corrected chi connectivity index (χ4v) is 3.45. The lowest BCUT2D eigenvalue weighted by atomic mass is 9.98. The van der Waals surface area contributed by atoms with Gasteiger partial charge >= 0.3 is 5.97 Å². The van der Waals surface area contributed by atoms with Crippen molar-refractivity contribution in [2.75, 3.05) is 0 Å². The molecule has 1 unspecified atom stereocenters. The zero-order chi connectivity index (χ0) is 14.1. The Morgan fingerprint density at radius 3 is 2.95 bits per heavy atom. The van der Waals surface area contributed by atoms with Crippen LogP contribution in [0, 0.1) is 0 Å². The number of aliphatic hydroxyl groups excluding tert-OH is 1. The number of carboxylic acid groups (broad SMARTS) is 1. The second-order valence-electron chi connectivity index (χ2n) is 4.69. The van der Waals surface area contributed by atoms with Crippen LogP contribution in [0.1, 0.15) is 33.4 Å². The van der Waals surface area contributed by atoms with Crippen molar-refractivity contribution in [2.45, 2.75) is 18.9 Å². The summed E-state index contributed by atoms with van der Waals surface area (Å²) in [6.07, 6.45) is 5.57. The van der Waals surface area contributed by atoms with Crippen LogP contribution in [0.5, 0.6) is 0 Å². The number of aliphatic carboxylic acids is 1. The van der Waals surface area contributed by atoms with Crippen LogP contribution in [0.4, 0.5) is 0 Å². The normalized spacial score (nSPS) is 15.3. The lowest BCUT2D eigenvalue weighted by Crippen LogP contribution is -2.05. The standard InChI is InChI=1S/C15H13NO3S/c17-14(10-2-1-5-16-8-10)13-7-11-6-9(15(18)19)3-4-12(11)20-13/h1-2,5-8,14,17H,3-4H2,(H,18,19). The second-order valence-corrected chi connectivity index (χ2v) is 5.86. The minimum absolute atomic E-state index is 0.428. The van der Waals surface area contributed by atoms with Gasteiger partial charge in [0.25, 0.3) is 0 Å². The average molecular weight is 287 g/mol. The van der Waals surface area contributed by atoms with Gasteiger partial charge in [0.1, 0.15) is 6.10 Å². The molecule has 0 amide bonds. The van der Waals surface area contributed by atoms with Crippen LogP contribution >= 0.6 is 11.3 Å². The van der Waals surface area contributed by atoms with E-state index in [0.29, 0.717) is 12.0 Å². The molecule has 1 atom stereocenters. The maximum absolute atomic E-state index is 11.0. The first-order valence-electron chi connectivity index (χ1n) is 6.29. The number of hydrogen-bond donors (Lipinski definition) is 2. The van der Waals surface area contributed by atoms with Crippen molar-refractivity contribution >= 4 is 23.4 Å². The number of nitrogens with zero attached hydrogens (tertiary/aromatic N) is 1. The molecule has 102 valence electrons. The molecule has 3 rings (SSSR count). The Labute approximate surface area is 120 Å². The van der Waals surface area contributed by atoms with Crippen molar-refractivity contribution in [1.29, 1.82) is 0 Å². The van der Waals surface area contributed by atoms with E-state index in [9.17, 15) is 9.90 Å². The number of aliphatic hydroxyl groups is 1. The average Bonchev–Trinajstić information content (AvgIpc) is 2.90. The van der Waals surface area contributed by atoms with Crippen LogP contribution in [0.25, 0.3) is 6.08 Å². The summed E-state index contributed by atoms with van der Waals surface area (Å²) in [6.45, 7) is 0. The van der Waals surface area contributed by atoms with E-state index in [1.165, 1.54) is 11.3 Å². The number of aryl methyl sites for hydroxylation is 1. The van der Waals surface area contributed by atoms with E-state index in [0.717, 1.165) is 27.3 Å². The summed E-state index contributed by atoms with van der Waals surface area (Å²) in [4.78, 5) is 17.0. The molecule has 0 aromatic carbocycles. The first-order chi connectivity index (χ1) is 9.65. The van der Waals surface area contributed by atoms with E-state index in [1.54, 1.807) is 24.5 Å². The topological polar surface area (TPSA) is 70.4 Å². The second kappa shape index (κ2) is 5.19.